The van der Waals surface area contributed by atoms with E-state index in [0.29, 0.717) is 12.3 Å². The van der Waals surface area contributed by atoms with E-state index < -0.39 is 0 Å². The molecule has 1 aliphatic heterocycles. The van der Waals surface area contributed by atoms with Crippen molar-refractivity contribution in [3.63, 3.8) is 0 Å². The highest BCUT2D eigenvalue weighted by Gasteiger charge is 2.27. The first-order chi connectivity index (χ1) is 11.6. The predicted octanol–water partition coefficient (Wildman–Crippen LogP) is 2.48. The molecule has 2 aromatic heterocycles. The van der Waals surface area contributed by atoms with Gasteiger partial charge in [0.25, 0.3) is 0 Å². The van der Waals surface area contributed by atoms with E-state index in [0.717, 1.165) is 55.8 Å². The summed E-state index contributed by atoms with van der Waals surface area (Å²) in [4.78, 5) is 14.7. The minimum atomic E-state index is 0.186. The number of nitrogens with zero attached hydrogens (tertiary/aromatic N) is 4. The quantitative estimate of drug-likeness (QED) is 0.845. The van der Waals surface area contributed by atoms with Crippen molar-refractivity contribution in [1.29, 1.82) is 0 Å². The van der Waals surface area contributed by atoms with Crippen LogP contribution < -0.4 is 0 Å². The number of piperidine rings is 1. The molecule has 0 N–H and O–H groups in total. The molecule has 0 unspecified atom stereocenters. The molecule has 1 fully saturated rings. The van der Waals surface area contributed by atoms with Crippen LogP contribution in [-0.2, 0) is 31.1 Å². The van der Waals surface area contributed by atoms with Crippen LogP contribution in [0.15, 0.2) is 16.8 Å². The number of likely N-dealkylation sites (tertiary alicyclic amines) is 1. The summed E-state index contributed by atoms with van der Waals surface area (Å²) in [5.41, 5.74) is 3.19. The van der Waals surface area contributed by atoms with Gasteiger partial charge in [0.1, 0.15) is 5.76 Å². The lowest BCUT2D eigenvalue weighted by Crippen LogP contribution is -2.39. The van der Waals surface area contributed by atoms with E-state index >= 15 is 0 Å². The Balaban J connectivity index is 1.62. The Morgan fingerprint density at radius 3 is 2.62 bits per heavy atom. The van der Waals surface area contributed by atoms with E-state index in [-0.39, 0.29) is 5.91 Å². The zero-order valence-corrected chi connectivity index (χ0v) is 14.8. The molecule has 6 heteroatoms. The van der Waals surface area contributed by atoms with Crippen LogP contribution in [0, 0.1) is 0 Å². The van der Waals surface area contributed by atoms with Gasteiger partial charge < -0.3 is 9.42 Å². The molecule has 2 aromatic rings. The Hall–Kier alpha value is -2.11. The summed E-state index contributed by atoms with van der Waals surface area (Å²) in [6, 6.07) is 2.08. The van der Waals surface area contributed by atoms with Gasteiger partial charge in [0.2, 0.25) is 5.91 Å². The van der Waals surface area contributed by atoms with Crippen molar-refractivity contribution < 1.29 is 9.32 Å². The Bertz CT molecular complexity index is 674. The largest absolute Gasteiger partial charge is 0.361 e. The molecule has 24 heavy (non-hydrogen) atoms. The van der Waals surface area contributed by atoms with Gasteiger partial charge in [-0.15, -0.1) is 0 Å². The SMILES string of the molecule is CCc1noc(CC)c1CC(=O)N1CCC(c2ccnn2C)CC1. The standard InChI is InChI=1S/C18H26N4O2/c1-4-15-14(17(5-2)24-20-15)12-18(23)22-10-7-13(8-11-22)16-6-9-19-21(16)3/h6,9,13H,4-5,7-8,10-12H2,1-3H3. The molecule has 0 radical (unpaired) electrons. The molecule has 0 atom stereocenters. The van der Waals surface area contributed by atoms with Crippen molar-refractivity contribution in [3.05, 3.63) is 35.0 Å². The highest BCUT2D eigenvalue weighted by Crippen LogP contribution is 2.28. The predicted molar refractivity (Wildman–Crippen MR) is 90.7 cm³/mol. The van der Waals surface area contributed by atoms with Gasteiger partial charge in [-0.2, -0.15) is 5.10 Å². The molecule has 0 aliphatic carbocycles. The van der Waals surface area contributed by atoms with E-state index in [1.165, 1.54) is 5.69 Å². The van der Waals surface area contributed by atoms with Crippen molar-refractivity contribution in [1.82, 2.24) is 19.8 Å². The average molecular weight is 330 g/mol. The highest BCUT2D eigenvalue weighted by molar-refractivity contribution is 5.79. The molecule has 0 saturated carbocycles. The van der Waals surface area contributed by atoms with Crippen LogP contribution in [0.3, 0.4) is 0 Å². The lowest BCUT2D eigenvalue weighted by Gasteiger charge is -2.32. The zero-order valence-electron chi connectivity index (χ0n) is 14.8. The summed E-state index contributed by atoms with van der Waals surface area (Å²) in [5.74, 6) is 1.53. The minimum absolute atomic E-state index is 0.186. The van der Waals surface area contributed by atoms with Gasteiger partial charge in [-0.3, -0.25) is 9.48 Å². The van der Waals surface area contributed by atoms with Crippen molar-refractivity contribution >= 4 is 5.91 Å². The molecule has 1 saturated heterocycles. The lowest BCUT2D eigenvalue weighted by atomic mass is 9.93. The molecule has 0 bridgehead atoms. The first kappa shape index (κ1) is 16.7. The van der Waals surface area contributed by atoms with Crippen LogP contribution >= 0.6 is 0 Å². The Morgan fingerprint density at radius 2 is 2.04 bits per heavy atom. The monoisotopic (exact) mass is 330 g/mol. The first-order valence-electron chi connectivity index (χ1n) is 8.86. The molecule has 1 aliphatic rings. The fraction of sp³-hybridized carbons (Fsp3) is 0.611. The smallest absolute Gasteiger partial charge is 0.227 e. The van der Waals surface area contributed by atoms with E-state index in [1.807, 2.05) is 36.7 Å². The number of hydrogen-bond acceptors (Lipinski definition) is 4. The topological polar surface area (TPSA) is 64.2 Å². The van der Waals surface area contributed by atoms with E-state index in [1.54, 1.807) is 0 Å². The third-order valence-corrected chi connectivity index (χ3v) is 5.06. The van der Waals surface area contributed by atoms with Gasteiger partial charge >= 0.3 is 0 Å². The number of hydrogen-bond donors (Lipinski definition) is 0. The van der Waals surface area contributed by atoms with Gasteiger partial charge in [-0.25, -0.2) is 0 Å². The maximum atomic E-state index is 12.7. The average Bonchev–Trinajstić information content (AvgIpc) is 3.20. The van der Waals surface area contributed by atoms with Crippen molar-refractivity contribution in [2.45, 2.75) is 51.9 Å². The number of amides is 1. The molecule has 1 amide bonds. The molecule has 3 rings (SSSR count). The summed E-state index contributed by atoms with van der Waals surface area (Å²) < 4.78 is 7.32. The molecular formula is C18H26N4O2. The van der Waals surface area contributed by atoms with Gasteiger partial charge in [0, 0.05) is 49.9 Å². The lowest BCUT2D eigenvalue weighted by molar-refractivity contribution is -0.131. The number of carbonyl (C=O) groups excluding carboxylic acids is 1. The van der Waals surface area contributed by atoms with Crippen LogP contribution in [0.4, 0.5) is 0 Å². The second kappa shape index (κ2) is 7.20. The third-order valence-electron chi connectivity index (χ3n) is 5.06. The van der Waals surface area contributed by atoms with E-state index in [4.69, 9.17) is 4.52 Å². The van der Waals surface area contributed by atoms with Crippen LogP contribution in [0.25, 0.3) is 0 Å². The Morgan fingerprint density at radius 1 is 1.29 bits per heavy atom. The minimum Gasteiger partial charge on any atom is -0.361 e. The molecule has 0 aromatic carbocycles. The summed E-state index contributed by atoms with van der Waals surface area (Å²) >= 11 is 0. The zero-order chi connectivity index (χ0) is 17.1. The Labute approximate surface area is 142 Å². The van der Waals surface area contributed by atoms with Crippen molar-refractivity contribution in [2.24, 2.45) is 7.05 Å². The Kier molecular flexibility index (Phi) is 5.02. The van der Waals surface area contributed by atoms with Crippen LogP contribution in [0.2, 0.25) is 0 Å². The number of rotatable bonds is 5. The summed E-state index contributed by atoms with van der Waals surface area (Å²) in [6.07, 6.45) is 5.82. The van der Waals surface area contributed by atoms with Gasteiger partial charge in [-0.1, -0.05) is 19.0 Å². The van der Waals surface area contributed by atoms with Crippen LogP contribution in [-0.4, -0.2) is 38.8 Å². The first-order valence-corrected chi connectivity index (χ1v) is 8.86. The second-order valence-corrected chi connectivity index (χ2v) is 6.45. The second-order valence-electron chi connectivity index (χ2n) is 6.45. The fourth-order valence-corrected chi connectivity index (χ4v) is 3.61. The molecular weight excluding hydrogens is 304 g/mol. The number of aryl methyl sites for hydroxylation is 3. The van der Waals surface area contributed by atoms with Crippen LogP contribution in [0.1, 0.15) is 55.3 Å². The molecule has 130 valence electrons. The molecule has 6 nitrogen and oxygen atoms in total. The van der Waals surface area contributed by atoms with E-state index in [9.17, 15) is 4.79 Å². The summed E-state index contributed by atoms with van der Waals surface area (Å²) in [7, 11) is 1.98. The van der Waals surface area contributed by atoms with Gasteiger partial charge in [0.05, 0.1) is 12.1 Å². The third kappa shape index (κ3) is 3.23. The van der Waals surface area contributed by atoms with Crippen molar-refractivity contribution in [2.75, 3.05) is 13.1 Å². The van der Waals surface area contributed by atoms with Gasteiger partial charge in [0.15, 0.2) is 0 Å². The van der Waals surface area contributed by atoms with Crippen molar-refractivity contribution in [3.8, 4) is 0 Å². The molecule has 0 spiro atoms. The summed E-state index contributed by atoms with van der Waals surface area (Å²) in [5, 5.41) is 8.36. The normalized spacial score (nSPS) is 15.9. The fourth-order valence-electron chi connectivity index (χ4n) is 3.61. The molecule has 3 heterocycles. The number of aromatic nitrogens is 3. The summed E-state index contributed by atoms with van der Waals surface area (Å²) in [6.45, 7) is 5.70. The van der Waals surface area contributed by atoms with E-state index in [2.05, 4.69) is 16.3 Å². The number of carbonyl (C=O) groups is 1. The van der Waals surface area contributed by atoms with Crippen LogP contribution in [0.5, 0.6) is 0 Å². The van der Waals surface area contributed by atoms with Gasteiger partial charge in [-0.05, 0) is 25.3 Å². The maximum Gasteiger partial charge on any atom is 0.227 e. The highest BCUT2D eigenvalue weighted by atomic mass is 16.5. The maximum absolute atomic E-state index is 12.7.